The van der Waals surface area contributed by atoms with E-state index in [0.29, 0.717) is 22.2 Å². The van der Waals surface area contributed by atoms with Crippen LogP contribution in [0, 0.1) is 13.8 Å². The van der Waals surface area contributed by atoms with Crippen molar-refractivity contribution in [1.29, 1.82) is 0 Å². The first-order valence-corrected chi connectivity index (χ1v) is 9.00. The van der Waals surface area contributed by atoms with Crippen LogP contribution in [0.5, 0.6) is 11.5 Å². The van der Waals surface area contributed by atoms with E-state index < -0.39 is 17.7 Å². The summed E-state index contributed by atoms with van der Waals surface area (Å²) in [7, 11) is 0. The molecule has 2 aromatic rings. The molecule has 7 heteroatoms. The lowest BCUT2D eigenvalue weighted by Gasteiger charge is -2.29. The van der Waals surface area contributed by atoms with Crippen LogP contribution in [-0.4, -0.2) is 17.7 Å². The van der Waals surface area contributed by atoms with E-state index in [2.05, 4.69) is 5.32 Å². The zero-order valence-corrected chi connectivity index (χ0v) is 16.7. The lowest BCUT2D eigenvalue weighted by Crippen LogP contribution is -2.42. The lowest BCUT2D eigenvalue weighted by molar-refractivity contribution is -0.222. The fourth-order valence-corrected chi connectivity index (χ4v) is 2.86. The van der Waals surface area contributed by atoms with E-state index in [9.17, 15) is 9.59 Å². The second-order valence-electron chi connectivity index (χ2n) is 6.90. The SMILES string of the molecule is Cc1ccc(Oc2ccc(NC=C3C(=O)OC(C)(C)OC3=O)cc2Cl)c(C)c1. The summed E-state index contributed by atoms with van der Waals surface area (Å²) in [5, 5.41) is 3.22. The smallest absolute Gasteiger partial charge is 0.350 e. The highest BCUT2D eigenvalue weighted by Crippen LogP contribution is 2.33. The number of nitrogens with one attached hydrogen (secondary N) is 1. The second kappa shape index (κ2) is 7.56. The molecule has 1 heterocycles. The third-order valence-electron chi connectivity index (χ3n) is 3.98. The van der Waals surface area contributed by atoms with Crippen LogP contribution in [0.4, 0.5) is 5.69 Å². The van der Waals surface area contributed by atoms with Crippen LogP contribution in [0.3, 0.4) is 0 Å². The second-order valence-corrected chi connectivity index (χ2v) is 7.30. The van der Waals surface area contributed by atoms with Gasteiger partial charge >= 0.3 is 11.9 Å². The van der Waals surface area contributed by atoms with Crippen LogP contribution in [0.25, 0.3) is 0 Å². The third kappa shape index (κ3) is 4.46. The zero-order chi connectivity index (χ0) is 20.5. The summed E-state index contributed by atoms with van der Waals surface area (Å²) in [6, 6.07) is 10.9. The van der Waals surface area contributed by atoms with Crippen LogP contribution in [-0.2, 0) is 19.1 Å². The minimum atomic E-state index is -1.28. The van der Waals surface area contributed by atoms with Gasteiger partial charge in [-0.05, 0) is 43.7 Å². The van der Waals surface area contributed by atoms with Crippen LogP contribution in [0.1, 0.15) is 25.0 Å². The van der Waals surface area contributed by atoms with Crippen molar-refractivity contribution in [2.45, 2.75) is 33.5 Å². The Labute approximate surface area is 168 Å². The maximum absolute atomic E-state index is 11.9. The summed E-state index contributed by atoms with van der Waals surface area (Å²) in [6.07, 6.45) is 1.23. The Morgan fingerprint density at radius 1 is 1.00 bits per heavy atom. The van der Waals surface area contributed by atoms with E-state index in [1.165, 1.54) is 20.0 Å². The Bertz CT molecular complexity index is 959. The van der Waals surface area contributed by atoms with E-state index >= 15 is 0 Å². The molecule has 2 aromatic carbocycles. The van der Waals surface area contributed by atoms with Crippen molar-refractivity contribution >= 4 is 29.2 Å². The van der Waals surface area contributed by atoms with Gasteiger partial charge in [-0.25, -0.2) is 9.59 Å². The number of benzene rings is 2. The Balaban J connectivity index is 1.74. The Hall–Kier alpha value is -2.99. The predicted molar refractivity (Wildman–Crippen MR) is 105 cm³/mol. The summed E-state index contributed by atoms with van der Waals surface area (Å²) < 4.78 is 16.0. The largest absolute Gasteiger partial charge is 0.456 e. The van der Waals surface area contributed by atoms with Gasteiger partial charge in [0.1, 0.15) is 11.5 Å². The molecule has 0 radical (unpaired) electrons. The van der Waals surface area contributed by atoms with Crippen LogP contribution in [0.2, 0.25) is 5.02 Å². The third-order valence-corrected chi connectivity index (χ3v) is 4.28. The van der Waals surface area contributed by atoms with Gasteiger partial charge in [-0.1, -0.05) is 29.3 Å². The maximum Gasteiger partial charge on any atom is 0.350 e. The van der Waals surface area contributed by atoms with E-state index in [4.69, 9.17) is 25.8 Å². The normalized spacial score (nSPS) is 15.5. The highest BCUT2D eigenvalue weighted by atomic mass is 35.5. The minimum Gasteiger partial charge on any atom is -0.456 e. The predicted octanol–water partition coefficient (Wildman–Crippen LogP) is 4.88. The summed E-state index contributed by atoms with van der Waals surface area (Å²) >= 11 is 6.31. The fourth-order valence-electron chi connectivity index (χ4n) is 2.64. The number of ether oxygens (including phenoxy) is 3. The molecular weight excluding hydrogens is 382 g/mol. The number of halogens is 1. The van der Waals surface area contributed by atoms with Crippen molar-refractivity contribution in [1.82, 2.24) is 0 Å². The van der Waals surface area contributed by atoms with Crippen molar-refractivity contribution in [3.8, 4) is 11.5 Å². The van der Waals surface area contributed by atoms with Crippen LogP contribution in [0.15, 0.2) is 48.2 Å². The van der Waals surface area contributed by atoms with Gasteiger partial charge in [-0.2, -0.15) is 0 Å². The van der Waals surface area contributed by atoms with E-state index in [1.54, 1.807) is 18.2 Å². The van der Waals surface area contributed by atoms with Crippen molar-refractivity contribution < 1.29 is 23.8 Å². The number of carbonyl (C=O) groups excluding carboxylic acids is 2. The fraction of sp³-hybridized carbons (Fsp3) is 0.238. The van der Waals surface area contributed by atoms with E-state index in [0.717, 1.165) is 11.1 Å². The molecule has 0 aromatic heterocycles. The number of carbonyl (C=O) groups is 2. The van der Waals surface area contributed by atoms with Gasteiger partial charge in [-0.3, -0.25) is 0 Å². The molecule has 1 fully saturated rings. The lowest BCUT2D eigenvalue weighted by atomic mass is 10.1. The van der Waals surface area contributed by atoms with E-state index in [-0.39, 0.29) is 5.57 Å². The Morgan fingerprint density at radius 3 is 2.25 bits per heavy atom. The molecule has 0 amide bonds. The average Bonchev–Trinajstić information content (AvgIpc) is 2.57. The summed E-state index contributed by atoms with van der Waals surface area (Å²) in [5.74, 6) is -1.58. The number of hydrogen-bond acceptors (Lipinski definition) is 6. The molecule has 0 atom stereocenters. The number of rotatable bonds is 4. The molecule has 0 bridgehead atoms. The van der Waals surface area contributed by atoms with Crippen LogP contribution < -0.4 is 10.1 Å². The number of anilines is 1. The maximum atomic E-state index is 11.9. The topological polar surface area (TPSA) is 73.9 Å². The average molecular weight is 402 g/mol. The van der Waals surface area contributed by atoms with Gasteiger partial charge in [0.05, 0.1) is 5.02 Å². The number of esters is 2. The monoisotopic (exact) mass is 401 g/mol. The highest BCUT2D eigenvalue weighted by Gasteiger charge is 2.38. The molecule has 0 saturated carbocycles. The first-order chi connectivity index (χ1) is 13.1. The minimum absolute atomic E-state index is 0.231. The molecule has 1 aliphatic heterocycles. The Morgan fingerprint density at radius 2 is 1.64 bits per heavy atom. The quantitative estimate of drug-likeness (QED) is 0.447. The number of aryl methyl sites for hydroxylation is 2. The highest BCUT2D eigenvalue weighted by molar-refractivity contribution is 6.32. The molecule has 146 valence electrons. The molecule has 0 spiro atoms. The van der Waals surface area contributed by atoms with Gasteiger partial charge in [0.15, 0.2) is 5.57 Å². The molecule has 3 rings (SSSR count). The molecule has 6 nitrogen and oxygen atoms in total. The van der Waals surface area contributed by atoms with Crippen molar-refractivity contribution in [2.75, 3.05) is 5.32 Å². The standard InChI is InChI=1S/C21H20ClNO5/c1-12-5-7-17(13(2)9-12)26-18-8-6-14(10-16(18)22)23-11-15-19(24)27-21(3,4)28-20(15)25/h5-11,23H,1-4H3. The van der Waals surface area contributed by atoms with Crippen molar-refractivity contribution in [3.05, 3.63) is 64.3 Å². The first kappa shape index (κ1) is 19.8. The zero-order valence-electron chi connectivity index (χ0n) is 16.0. The molecular formula is C21H20ClNO5. The van der Waals surface area contributed by atoms with Gasteiger partial charge in [0, 0.05) is 25.7 Å². The van der Waals surface area contributed by atoms with Gasteiger partial charge in [0.25, 0.3) is 5.79 Å². The molecule has 28 heavy (non-hydrogen) atoms. The van der Waals surface area contributed by atoms with Crippen LogP contribution >= 0.6 is 11.6 Å². The summed E-state index contributed by atoms with van der Waals surface area (Å²) in [4.78, 5) is 23.9. The Kier molecular flexibility index (Phi) is 5.34. The van der Waals surface area contributed by atoms with Gasteiger partial charge in [-0.15, -0.1) is 0 Å². The number of cyclic esters (lactones) is 2. The van der Waals surface area contributed by atoms with Crippen molar-refractivity contribution in [3.63, 3.8) is 0 Å². The molecule has 0 aliphatic carbocycles. The summed E-state index contributed by atoms with van der Waals surface area (Å²) in [6.45, 7) is 6.95. The van der Waals surface area contributed by atoms with Gasteiger partial charge < -0.3 is 19.5 Å². The summed E-state index contributed by atoms with van der Waals surface area (Å²) in [5.41, 5.74) is 2.48. The molecule has 1 N–H and O–H groups in total. The van der Waals surface area contributed by atoms with Crippen molar-refractivity contribution in [2.24, 2.45) is 0 Å². The van der Waals surface area contributed by atoms with Gasteiger partial charge in [0.2, 0.25) is 0 Å². The molecule has 1 saturated heterocycles. The molecule has 1 aliphatic rings. The molecule has 0 unspecified atom stereocenters. The number of hydrogen-bond donors (Lipinski definition) is 1. The van der Waals surface area contributed by atoms with E-state index in [1.807, 2.05) is 32.0 Å². The first-order valence-electron chi connectivity index (χ1n) is 8.63.